The molecule has 0 saturated heterocycles. The Bertz CT molecular complexity index is 811. The molecule has 1 aromatic heterocycles. The van der Waals surface area contributed by atoms with Crippen LogP contribution in [0.1, 0.15) is 42.5 Å². The van der Waals surface area contributed by atoms with Gasteiger partial charge in [0.15, 0.2) is 5.16 Å². The fourth-order valence-corrected chi connectivity index (χ4v) is 4.01. The molecular weight excluding hydrogens is 334 g/mol. The van der Waals surface area contributed by atoms with Gasteiger partial charge in [0.05, 0.1) is 12.0 Å². The largest absolute Gasteiger partial charge is 0.346 e. The average Bonchev–Trinajstić information content (AvgIpc) is 3.08. The van der Waals surface area contributed by atoms with Crippen LogP contribution in [0.4, 0.5) is 0 Å². The smallest absolute Gasteiger partial charge is 0.255 e. The van der Waals surface area contributed by atoms with Crippen LogP contribution in [0.5, 0.6) is 0 Å². The summed E-state index contributed by atoms with van der Waals surface area (Å²) in [4.78, 5) is 32.0. The van der Waals surface area contributed by atoms with Crippen LogP contribution < -0.4 is 10.9 Å². The molecule has 6 heteroatoms. The summed E-state index contributed by atoms with van der Waals surface area (Å²) >= 11 is 1.38. The molecule has 1 heterocycles. The Labute approximate surface area is 151 Å². The van der Waals surface area contributed by atoms with Crippen molar-refractivity contribution >= 4 is 17.7 Å². The Morgan fingerprint density at radius 3 is 2.56 bits per heavy atom. The number of thioether (sulfide) groups is 1. The fourth-order valence-electron chi connectivity index (χ4n) is 3.58. The minimum absolute atomic E-state index is 0.0530. The van der Waals surface area contributed by atoms with E-state index in [-0.39, 0.29) is 23.4 Å². The van der Waals surface area contributed by atoms with Crippen LogP contribution in [0.25, 0.3) is 0 Å². The first kappa shape index (κ1) is 17.7. The highest BCUT2D eigenvalue weighted by Gasteiger charge is 2.36. The standard InChI is InChI=1S/C19H23N3O2S/c1-13-15(17(24)21-18(20-13)25-2)12-16(23)22-19(10-6-7-11-19)14-8-4-3-5-9-14/h3-5,8-9H,6-7,10-12H2,1-2H3,(H,22,23)(H,20,21,24). The van der Waals surface area contributed by atoms with E-state index in [1.807, 2.05) is 24.5 Å². The number of nitrogens with zero attached hydrogens (tertiary/aromatic N) is 1. The van der Waals surface area contributed by atoms with Crippen molar-refractivity contribution in [1.82, 2.24) is 15.3 Å². The molecule has 5 nitrogen and oxygen atoms in total. The lowest BCUT2D eigenvalue weighted by atomic mass is 9.88. The van der Waals surface area contributed by atoms with E-state index in [1.165, 1.54) is 11.8 Å². The topological polar surface area (TPSA) is 74.8 Å². The Morgan fingerprint density at radius 1 is 1.28 bits per heavy atom. The molecule has 0 radical (unpaired) electrons. The number of H-pyrrole nitrogens is 1. The zero-order valence-electron chi connectivity index (χ0n) is 14.6. The van der Waals surface area contributed by atoms with E-state index in [0.717, 1.165) is 31.2 Å². The van der Waals surface area contributed by atoms with Crippen LogP contribution in [0.3, 0.4) is 0 Å². The molecule has 0 unspecified atom stereocenters. The maximum absolute atomic E-state index is 12.7. The van der Waals surface area contributed by atoms with Gasteiger partial charge in [0, 0.05) is 11.3 Å². The van der Waals surface area contributed by atoms with Gasteiger partial charge in [0.25, 0.3) is 5.56 Å². The molecule has 2 aromatic rings. The lowest BCUT2D eigenvalue weighted by molar-refractivity contribution is -0.122. The van der Waals surface area contributed by atoms with Gasteiger partial charge < -0.3 is 10.3 Å². The minimum atomic E-state index is -0.314. The van der Waals surface area contributed by atoms with Crippen LogP contribution >= 0.6 is 11.8 Å². The molecule has 0 bridgehead atoms. The highest BCUT2D eigenvalue weighted by atomic mass is 32.2. The highest BCUT2D eigenvalue weighted by molar-refractivity contribution is 7.98. The van der Waals surface area contributed by atoms with E-state index >= 15 is 0 Å². The second-order valence-corrected chi connectivity index (χ2v) is 7.31. The first-order valence-electron chi connectivity index (χ1n) is 8.54. The summed E-state index contributed by atoms with van der Waals surface area (Å²) in [6.07, 6.45) is 5.96. The fraction of sp³-hybridized carbons (Fsp3) is 0.421. The molecule has 0 atom stereocenters. The summed E-state index contributed by atoms with van der Waals surface area (Å²) in [6.45, 7) is 1.78. The van der Waals surface area contributed by atoms with Crippen molar-refractivity contribution in [2.24, 2.45) is 0 Å². The molecule has 132 valence electrons. The number of nitrogens with one attached hydrogen (secondary N) is 2. The third-order valence-corrected chi connectivity index (χ3v) is 5.47. The van der Waals surface area contributed by atoms with Crippen LogP contribution in [-0.4, -0.2) is 22.1 Å². The molecule has 3 rings (SSSR count). The SMILES string of the molecule is CSc1nc(C)c(CC(=O)NC2(c3ccccc3)CCCC2)c(=O)[nH]1. The number of amides is 1. The van der Waals surface area contributed by atoms with E-state index in [9.17, 15) is 9.59 Å². The van der Waals surface area contributed by atoms with Crippen molar-refractivity contribution in [2.45, 2.75) is 49.7 Å². The van der Waals surface area contributed by atoms with E-state index in [2.05, 4.69) is 27.4 Å². The van der Waals surface area contributed by atoms with Gasteiger partial charge in [-0.05, 0) is 31.6 Å². The zero-order chi connectivity index (χ0) is 17.9. The number of carbonyl (C=O) groups excluding carboxylic acids is 1. The van der Waals surface area contributed by atoms with Gasteiger partial charge in [-0.2, -0.15) is 0 Å². The molecule has 1 aliphatic carbocycles. The lowest BCUT2D eigenvalue weighted by Gasteiger charge is -2.31. The maximum Gasteiger partial charge on any atom is 0.255 e. The van der Waals surface area contributed by atoms with Crippen molar-refractivity contribution in [2.75, 3.05) is 6.26 Å². The van der Waals surface area contributed by atoms with Crippen LogP contribution in [-0.2, 0) is 16.8 Å². The first-order chi connectivity index (χ1) is 12.0. The van der Waals surface area contributed by atoms with E-state index in [4.69, 9.17) is 0 Å². The molecule has 1 amide bonds. The van der Waals surface area contributed by atoms with Gasteiger partial charge >= 0.3 is 0 Å². The molecule has 1 saturated carbocycles. The molecular formula is C19H23N3O2S. The van der Waals surface area contributed by atoms with Crippen molar-refractivity contribution in [1.29, 1.82) is 0 Å². The van der Waals surface area contributed by atoms with Gasteiger partial charge in [-0.15, -0.1) is 0 Å². The summed E-state index contributed by atoms with van der Waals surface area (Å²) in [6, 6.07) is 10.1. The predicted octanol–water partition coefficient (Wildman–Crippen LogP) is 2.93. The van der Waals surface area contributed by atoms with E-state index in [1.54, 1.807) is 6.92 Å². The quantitative estimate of drug-likeness (QED) is 0.637. The number of carbonyl (C=O) groups is 1. The number of aromatic nitrogens is 2. The Hall–Kier alpha value is -2.08. The highest BCUT2D eigenvalue weighted by Crippen LogP contribution is 2.38. The van der Waals surface area contributed by atoms with Gasteiger partial charge in [-0.1, -0.05) is 54.9 Å². The third-order valence-electron chi connectivity index (χ3n) is 4.89. The van der Waals surface area contributed by atoms with E-state index in [0.29, 0.717) is 16.4 Å². The molecule has 1 aliphatic rings. The van der Waals surface area contributed by atoms with Gasteiger partial charge in [0.1, 0.15) is 0 Å². The summed E-state index contributed by atoms with van der Waals surface area (Å²) in [5.41, 5.74) is 1.65. The van der Waals surface area contributed by atoms with Crippen molar-refractivity contribution < 1.29 is 4.79 Å². The van der Waals surface area contributed by atoms with Gasteiger partial charge in [-0.25, -0.2) is 4.98 Å². The van der Waals surface area contributed by atoms with Gasteiger partial charge in [-0.3, -0.25) is 9.59 Å². The molecule has 1 aromatic carbocycles. The zero-order valence-corrected chi connectivity index (χ0v) is 15.4. The number of benzene rings is 1. The van der Waals surface area contributed by atoms with Crippen LogP contribution in [0, 0.1) is 6.92 Å². The predicted molar refractivity (Wildman–Crippen MR) is 99.8 cm³/mol. The minimum Gasteiger partial charge on any atom is -0.346 e. The first-order valence-corrected chi connectivity index (χ1v) is 9.77. The number of hydrogen-bond donors (Lipinski definition) is 2. The third kappa shape index (κ3) is 3.79. The normalized spacial score (nSPS) is 15.9. The number of rotatable bonds is 5. The summed E-state index contributed by atoms with van der Waals surface area (Å²) in [7, 11) is 0. The Morgan fingerprint density at radius 2 is 1.96 bits per heavy atom. The number of hydrogen-bond acceptors (Lipinski definition) is 4. The van der Waals surface area contributed by atoms with Crippen molar-refractivity contribution in [3.63, 3.8) is 0 Å². The monoisotopic (exact) mass is 357 g/mol. The number of aryl methyl sites for hydroxylation is 1. The molecule has 2 N–H and O–H groups in total. The molecule has 0 aliphatic heterocycles. The van der Waals surface area contributed by atoms with Crippen molar-refractivity contribution in [3.8, 4) is 0 Å². The lowest BCUT2D eigenvalue weighted by Crippen LogP contribution is -2.45. The molecule has 1 fully saturated rings. The van der Waals surface area contributed by atoms with E-state index < -0.39 is 0 Å². The molecule has 0 spiro atoms. The van der Waals surface area contributed by atoms with Gasteiger partial charge in [0.2, 0.25) is 5.91 Å². The second kappa shape index (κ2) is 7.44. The van der Waals surface area contributed by atoms with Crippen LogP contribution in [0.15, 0.2) is 40.3 Å². The number of aromatic amines is 1. The Kier molecular flexibility index (Phi) is 5.27. The van der Waals surface area contributed by atoms with Crippen LogP contribution in [0.2, 0.25) is 0 Å². The second-order valence-electron chi connectivity index (χ2n) is 6.52. The Balaban J connectivity index is 1.81. The van der Waals surface area contributed by atoms with Crippen molar-refractivity contribution in [3.05, 3.63) is 57.5 Å². The molecule has 25 heavy (non-hydrogen) atoms. The summed E-state index contributed by atoms with van der Waals surface area (Å²) in [5.74, 6) is -0.127. The summed E-state index contributed by atoms with van der Waals surface area (Å²) in [5, 5.41) is 3.79. The summed E-state index contributed by atoms with van der Waals surface area (Å²) < 4.78 is 0. The average molecular weight is 357 g/mol. The maximum atomic E-state index is 12.7.